The van der Waals surface area contributed by atoms with Crippen LogP contribution in [0.5, 0.6) is 0 Å². The van der Waals surface area contributed by atoms with Crippen LogP contribution in [0.25, 0.3) is 11.5 Å². The molecule has 0 aliphatic heterocycles. The van der Waals surface area contributed by atoms with E-state index in [0.29, 0.717) is 22.7 Å². The summed E-state index contributed by atoms with van der Waals surface area (Å²) in [7, 11) is 0. The highest BCUT2D eigenvalue weighted by Crippen LogP contribution is 2.22. The molecule has 0 N–H and O–H groups in total. The van der Waals surface area contributed by atoms with Crippen LogP contribution in [0.2, 0.25) is 0 Å². The molecule has 0 spiro atoms. The molecule has 0 unspecified atom stereocenters. The topological polar surface area (TPSA) is 64.7 Å². The Bertz CT molecular complexity index is 699. The monoisotopic (exact) mass is 284 g/mol. The minimum absolute atomic E-state index is 0.534. The zero-order valence-corrected chi connectivity index (χ0v) is 11.7. The Morgan fingerprint density at radius 2 is 1.95 bits per heavy atom. The second kappa shape index (κ2) is 5.83. The van der Waals surface area contributed by atoms with E-state index >= 15 is 0 Å². The highest BCUT2D eigenvalue weighted by atomic mass is 32.2. The summed E-state index contributed by atoms with van der Waals surface area (Å²) < 4.78 is 5.62. The Morgan fingerprint density at radius 1 is 1.10 bits per heavy atom. The summed E-state index contributed by atoms with van der Waals surface area (Å²) in [5, 5.41) is 8.79. The van der Waals surface area contributed by atoms with E-state index in [1.165, 1.54) is 11.8 Å². The molecule has 1 aromatic carbocycles. The lowest BCUT2D eigenvalue weighted by Gasteiger charge is -1.97. The smallest absolute Gasteiger partial charge is 0.247 e. The van der Waals surface area contributed by atoms with E-state index in [-0.39, 0.29) is 0 Å². The van der Waals surface area contributed by atoms with Crippen LogP contribution in [0.3, 0.4) is 0 Å². The zero-order chi connectivity index (χ0) is 13.8. The highest BCUT2D eigenvalue weighted by molar-refractivity contribution is 7.98. The second-order valence-corrected chi connectivity index (χ2v) is 5.08. The van der Waals surface area contributed by atoms with E-state index in [4.69, 9.17) is 4.42 Å². The predicted octanol–water partition coefficient (Wildman–Crippen LogP) is 3.13. The van der Waals surface area contributed by atoms with Crippen molar-refractivity contribution >= 4 is 11.8 Å². The van der Waals surface area contributed by atoms with Gasteiger partial charge in [-0.1, -0.05) is 30.0 Å². The average Bonchev–Trinajstić information content (AvgIpc) is 2.95. The van der Waals surface area contributed by atoms with Crippen LogP contribution >= 0.6 is 11.8 Å². The Labute approximate surface area is 120 Å². The number of aromatic nitrogens is 4. The molecule has 6 heteroatoms. The fourth-order valence-electron chi connectivity index (χ4n) is 1.63. The quantitative estimate of drug-likeness (QED) is 0.541. The van der Waals surface area contributed by atoms with Crippen molar-refractivity contribution in [1.29, 1.82) is 0 Å². The van der Waals surface area contributed by atoms with Crippen molar-refractivity contribution in [2.24, 2.45) is 0 Å². The lowest BCUT2D eigenvalue weighted by molar-refractivity contribution is 0.528. The van der Waals surface area contributed by atoms with Gasteiger partial charge in [0.2, 0.25) is 11.8 Å². The molecular formula is C14H12N4OS. The van der Waals surface area contributed by atoms with E-state index in [0.717, 1.165) is 11.3 Å². The fourth-order valence-corrected chi connectivity index (χ4v) is 2.34. The van der Waals surface area contributed by atoms with Crippen molar-refractivity contribution in [2.75, 3.05) is 0 Å². The molecule has 0 aliphatic rings. The third-order valence-corrected chi connectivity index (χ3v) is 3.43. The first kappa shape index (κ1) is 12.8. The van der Waals surface area contributed by atoms with Gasteiger partial charge in [-0.2, -0.15) is 0 Å². The van der Waals surface area contributed by atoms with E-state index < -0.39 is 0 Å². The average molecular weight is 284 g/mol. The summed E-state index contributed by atoms with van der Waals surface area (Å²) in [5.41, 5.74) is 1.86. The first-order valence-electron chi connectivity index (χ1n) is 6.11. The lowest BCUT2D eigenvalue weighted by atomic mass is 10.2. The van der Waals surface area contributed by atoms with Crippen LogP contribution < -0.4 is 0 Å². The van der Waals surface area contributed by atoms with Gasteiger partial charge in [0.25, 0.3) is 0 Å². The molecule has 0 saturated heterocycles. The maximum Gasteiger partial charge on any atom is 0.247 e. The number of thioether (sulfide) groups is 1. The maximum atomic E-state index is 5.62. The summed E-state index contributed by atoms with van der Waals surface area (Å²) in [6, 6.07) is 11.6. The molecule has 0 fully saturated rings. The van der Waals surface area contributed by atoms with Gasteiger partial charge in [0, 0.05) is 17.5 Å². The van der Waals surface area contributed by atoms with Gasteiger partial charge in [-0.15, -0.1) is 10.2 Å². The zero-order valence-electron chi connectivity index (χ0n) is 10.9. The molecule has 0 atom stereocenters. The largest absolute Gasteiger partial charge is 0.420 e. The third-order valence-electron chi connectivity index (χ3n) is 2.59. The normalized spacial score (nSPS) is 10.7. The van der Waals surface area contributed by atoms with Gasteiger partial charge in [-0.3, -0.25) is 0 Å². The van der Waals surface area contributed by atoms with Gasteiger partial charge in [-0.05, 0) is 25.1 Å². The number of nitrogens with zero attached hydrogens (tertiary/aromatic N) is 4. The Balaban J connectivity index is 1.69. The second-order valence-electron chi connectivity index (χ2n) is 4.14. The summed E-state index contributed by atoms with van der Waals surface area (Å²) in [6.07, 6.45) is 1.74. The lowest BCUT2D eigenvalue weighted by Crippen LogP contribution is -1.89. The first-order valence-corrected chi connectivity index (χ1v) is 7.10. The van der Waals surface area contributed by atoms with Gasteiger partial charge in [0.05, 0.1) is 5.75 Å². The van der Waals surface area contributed by atoms with Crippen LogP contribution in [0.1, 0.15) is 11.6 Å². The van der Waals surface area contributed by atoms with Crippen molar-refractivity contribution in [3.8, 4) is 11.5 Å². The molecule has 100 valence electrons. The molecule has 5 nitrogen and oxygen atoms in total. The van der Waals surface area contributed by atoms with Gasteiger partial charge in [0.15, 0.2) is 5.16 Å². The molecule has 2 heterocycles. The van der Waals surface area contributed by atoms with Gasteiger partial charge < -0.3 is 4.42 Å². The molecule has 0 bridgehead atoms. The van der Waals surface area contributed by atoms with Crippen LogP contribution in [0.15, 0.2) is 52.2 Å². The van der Waals surface area contributed by atoms with Crippen molar-refractivity contribution in [3.63, 3.8) is 0 Å². The maximum absolute atomic E-state index is 5.62. The third kappa shape index (κ3) is 3.03. The van der Waals surface area contributed by atoms with Gasteiger partial charge >= 0.3 is 0 Å². The summed E-state index contributed by atoms with van der Waals surface area (Å²) in [4.78, 5) is 8.50. The molecule has 3 aromatic rings. The number of hydrogen-bond acceptors (Lipinski definition) is 6. The first-order chi connectivity index (χ1) is 9.81. The minimum atomic E-state index is 0.534. The molecule has 0 amide bonds. The summed E-state index contributed by atoms with van der Waals surface area (Å²) in [6.45, 7) is 1.94. The summed E-state index contributed by atoms with van der Waals surface area (Å²) in [5.74, 6) is 1.66. The Kier molecular flexibility index (Phi) is 3.73. The van der Waals surface area contributed by atoms with Crippen molar-refractivity contribution in [2.45, 2.75) is 17.8 Å². The van der Waals surface area contributed by atoms with E-state index in [1.54, 1.807) is 6.20 Å². The van der Waals surface area contributed by atoms with Gasteiger partial charge in [-0.25, -0.2) is 9.97 Å². The van der Waals surface area contributed by atoms with Crippen LogP contribution in [0, 0.1) is 6.92 Å². The van der Waals surface area contributed by atoms with Crippen LogP contribution in [-0.2, 0) is 5.75 Å². The molecule has 0 radical (unpaired) electrons. The SMILES string of the molecule is Cc1ccnc(SCc2nnc(-c3ccccc3)o2)n1. The van der Waals surface area contributed by atoms with E-state index in [1.807, 2.05) is 43.3 Å². The van der Waals surface area contributed by atoms with Crippen molar-refractivity contribution < 1.29 is 4.42 Å². The molecule has 3 rings (SSSR count). The van der Waals surface area contributed by atoms with Crippen molar-refractivity contribution in [3.05, 3.63) is 54.2 Å². The number of hydrogen-bond donors (Lipinski definition) is 0. The van der Waals surface area contributed by atoms with Crippen LogP contribution in [0.4, 0.5) is 0 Å². The van der Waals surface area contributed by atoms with E-state index in [9.17, 15) is 0 Å². The predicted molar refractivity (Wildman–Crippen MR) is 76.1 cm³/mol. The van der Waals surface area contributed by atoms with Crippen LogP contribution in [-0.4, -0.2) is 20.2 Å². The van der Waals surface area contributed by atoms with Gasteiger partial charge in [0.1, 0.15) is 0 Å². The fraction of sp³-hybridized carbons (Fsp3) is 0.143. The Hall–Kier alpha value is -2.21. The van der Waals surface area contributed by atoms with Crippen molar-refractivity contribution in [1.82, 2.24) is 20.2 Å². The Morgan fingerprint density at radius 3 is 2.75 bits per heavy atom. The molecule has 0 aliphatic carbocycles. The van der Waals surface area contributed by atoms with E-state index in [2.05, 4.69) is 20.2 Å². The molecular weight excluding hydrogens is 272 g/mol. The highest BCUT2D eigenvalue weighted by Gasteiger charge is 2.09. The standard InChI is InChI=1S/C14H12N4OS/c1-10-7-8-15-14(16-10)20-9-12-17-18-13(19-12)11-5-3-2-4-6-11/h2-8H,9H2,1H3. The summed E-state index contributed by atoms with van der Waals surface area (Å²) >= 11 is 1.48. The molecule has 20 heavy (non-hydrogen) atoms. The number of aryl methyl sites for hydroxylation is 1. The molecule has 0 saturated carbocycles. The molecule has 2 aromatic heterocycles. The number of benzene rings is 1. The number of rotatable bonds is 4. The minimum Gasteiger partial charge on any atom is -0.420 e.